The van der Waals surface area contributed by atoms with E-state index in [-0.39, 0.29) is 17.4 Å². The van der Waals surface area contributed by atoms with Gasteiger partial charge in [-0.25, -0.2) is 0 Å². The van der Waals surface area contributed by atoms with Crippen molar-refractivity contribution in [2.24, 2.45) is 0 Å². The molecule has 1 aliphatic rings. The summed E-state index contributed by atoms with van der Waals surface area (Å²) in [5, 5.41) is 12.7. The summed E-state index contributed by atoms with van der Waals surface area (Å²) in [6.07, 6.45) is 3.66. The van der Waals surface area contributed by atoms with E-state index in [1.807, 2.05) is 0 Å². The second kappa shape index (κ2) is 8.19. The first kappa shape index (κ1) is 20.4. The van der Waals surface area contributed by atoms with Gasteiger partial charge in [0.05, 0.1) is 6.10 Å². The molecule has 2 N–H and O–H groups in total. The van der Waals surface area contributed by atoms with Crippen LogP contribution in [0.1, 0.15) is 64.5 Å². The van der Waals surface area contributed by atoms with Gasteiger partial charge in [-0.1, -0.05) is 36.7 Å². The molecular weight excluding hydrogens is 380 g/mol. The maximum atomic E-state index is 11.7. The van der Waals surface area contributed by atoms with Crippen LogP contribution in [0, 0.1) is 0 Å². The van der Waals surface area contributed by atoms with Crippen molar-refractivity contribution < 1.29 is 9.90 Å². The SMILES string of the molecule is CC(=O)Nc1cc(C(C)(C)C)c(Br)cc1CN(C)[C@H]1CC[C@H](O)CC1. The maximum Gasteiger partial charge on any atom is 0.221 e. The van der Waals surface area contributed by atoms with Crippen LogP contribution in [0.25, 0.3) is 0 Å². The summed E-state index contributed by atoms with van der Waals surface area (Å²) in [5.41, 5.74) is 3.19. The predicted octanol–water partition coefficient (Wildman–Crippen LogP) is 4.44. The third-order valence-electron chi connectivity index (χ3n) is 5.02. The van der Waals surface area contributed by atoms with E-state index in [2.05, 4.69) is 66.1 Å². The summed E-state index contributed by atoms with van der Waals surface area (Å²) in [5.74, 6) is -0.0492. The standard InChI is InChI=1S/C20H31BrN2O2/c1-13(24)22-19-11-17(20(2,3)4)18(21)10-14(19)12-23(5)15-6-8-16(25)9-7-15/h10-11,15-16,25H,6-9,12H2,1-5H3,(H,22,24)/t15-,16-. The van der Waals surface area contributed by atoms with E-state index in [1.54, 1.807) is 6.92 Å². The van der Waals surface area contributed by atoms with Crippen LogP contribution in [0.15, 0.2) is 16.6 Å². The topological polar surface area (TPSA) is 52.6 Å². The fourth-order valence-corrected chi connectivity index (χ4v) is 4.51. The molecule has 0 aliphatic heterocycles. The van der Waals surface area contributed by atoms with Gasteiger partial charge >= 0.3 is 0 Å². The Morgan fingerprint density at radius 1 is 1.28 bits per heavy atom. The van der Waals surface area contributed by atoms with Crippen LogP contribution in [-0.4, -0.2) is 35.1 Å². The van der Waals surface area contributed by atoms with Gasteiger partial charge < -0.3 is 10.4 Å². The minimum atomic E-state index is -0.139. The van der Waals surface area contributed by atoms with Crippen LogP contribution >= 0.6 is 15.9 Å². The van der Waals surface area contributed by atoms with E-state index < -0.39 is 0 Å². The van der Waals surface area contributed by atoms with E-state index in [9.17, 15) is 9.90 Å². The molecule has 0 spiro atoms. The third-order valence-corrected chi connectivity index (χ3v) is 5.68. The Kier molecular flexibility index (Phi) is 6.68. The molecule has 0 bridgehead atoms. The number of aliphatic hydroxyl groups excluding tert-OH is 1. The Labute approximate surface area is 160 Å². The zero-order valence-electron chi connectivity index (χ0n) is 16.0. The number of carbonyl (C=O) groups excluding carboxylic acids is 1. The van der Waals surface area contributed by atoms with E-state index in [0.29, 0.717) is 6.04 Å². The van der Waals surface area contributed by atoms with Gasteiger partial charge in [-0.05, 0) is 61.4 Å². The summed E-state index contributed by atoms with van der Waals surface area (Å²) in [7, 11) is 2.13. The van der Waals surface area contributed by atoms with Crippen molar-refractivity contribution in [1.29, 1.82) is 0 Å². The number of nitrogens with one attached hydrogen (secondary N) is 1. The Morgan fingerprint density at radius 3 is 2.40 bits per heavy atom. The number of rotatable bonds is 4. The molecule has 0 heterocycles. The molecule has 1 aliphatic carbocycles. The van der Waals surface area contributed by atoms with Crippen LogP contribution in [0.4, 0.5) is 5.69 Å². The normalized spacial score (nSPS) is 21.4. The fraction of sp³-hybridized carbons (Fsp3) is 0.650. The van der Waals surface area contributed by atoms with Crippen LogP contribution in [-0.2, 0) is 16.8 Å². The van der Waals surface area contributed by atoms with E-state index >= 15 is 0 Å². The van der Waals surface area contributed by atoms with Crippen LogP contribution < -0.4 is 5.32 Å². The summed E-state index contributed by atoms with van der Waals surface area (Å²) >= 11 is 3.71. The molecular formula is C20H31BrN2O2. The lowest BCUT2D eigenvalue weighted by molar-refractivity contribution is -0.114. The van der Waals surface area contributed by atoms with E-state index in [0.717, 1.165) is 48.0 Å². The summed E-state index contributed by atoms with van der Waals surface area (Å²) < 4.78 is 1.08. The molecule has 4 nitrogen and oxygen atoms in total. The average Bonchev–Trinajstić information content (AvgIpc) is 2.48. The molecule has 0 unspecified atom stereocenters. The van der Waals surface area contributed by atoms with Crippen LogP contribution in [0.3, 0.4) is 0 Å². The zero-order valence-corrected chi connectivity index (χ0v) is 17.6. The number of aliphatic hydroxyl groups is 1. The summed E-state index contributed by atoms with van der Waals surface area (Å²) in [4.78, 5) is 14.0. The quantitative estimate of drug-likeness (QED) is 0.770. The van der Waals surface area contributed by atoms with Crippen molar-refractivity contribution in [2.45, 2.75) is 77.5 Å². The fourth-order valence-electron chi connectivity index (χ4n) is 3.52. The highest BCUT2D eigenvalue weighted by Crippen LogP contribution is 2.35. The molecule has 1 aromatic rings. The molecule has 0 radical (unpaired) electrons. The number of halogens is 1. The number of hydrogen-bond donors (Lipinski definition) is 2. The van der Waals surface area contributed by atoms with Crippen molar-refractivity contribution >= 4 is 27.5 Å². The minimum Gasteiger partial charge on any atom is -0.393 e. The smallest absolute Gasteiger partial charge is 0.221 e. The van der Waals surface area contributed by atoms with Crippen molar-refractivity contribution in [3.05, 3.63) is 27.7 Å². The number of nitrogens with zero attached hydrogens (tertiary/aromatic N) is 1. The first-order valence-corrected chi connectivity index (χ1v) is 9.86. The van der Waals surface area contributed by atoms with Gasteiger partial charge in [-0.15, -0.1) is 0 Å². The highest BCUT2D eigenvalue weighted by atomic mass is 79.9. The first-order valence-electron chi connectivity index (χ1n) is 9.06. The van der Waals surface area contributed by atoms with Gasteiger partial charge in [-0.2, -0.15) is 0 Å². The minimum absolute atomic E-state index is 0.00398. The summed E-state index contributed by atoms with van der Waals surface area (Å²) in [6.45, 7) is 8.84. The summed E-state index contributed by atoms with van der Waals surface area (Å²) in [6, 6.07) is 4.72. The molecule has 5 heteroatoms. The largest absolute Gasteiger partial charge is 0.393 e. The molecule has 2 rings (SSSR count). The van der Waals surface area contributed by atoms with Gasteiger partial charge in [0.15, 0.2) is 0 Å². The van der Waals surface area contributed by atoms with Crippen molar-refractivity contribution in [1.82, 2.24) is 4.90 Å². The predicted molar refractivity (Wildman–Crippen MR) is 107 cm³/mol. The second-order valence-electron chi connectivity index (χ2n) is 8.30. The number of benzene rings is 1. The first-order chi connectivity index (χ1) is 11.6. The Hall–Kier alpha value is -0.910. The molecule has 140 valence electrons. The third kappa shape index (κ3) is 5.53. The van der Waals surface area contributed by atoms with Crippen molar-refractivity contribution in [3.63, 3.8) is 0 Å². The van der Waals surface area contributed by atoms with Crippen LogP contribution in [0.5, 0.6) is 0 Å². The van der Waals surface area contributed by atoms with Gasteiger partial charge in [0.25, 0.3) is 0 Å². The monoisotopic (exact) mass is 410 g/mol. The number of anilines is 1. The van der Waals surface area contributed by atoms with Gasteiger partial charge in [0.2, 0.25) is 5.91 Å². The molecule has 1 fully saturated rings. The van der Waals surface area contributed by atoms with Gasteiger partial charge in [0, 0.05) is 29.7 Å². The molecule has 0 atom stereocenters. The lowest BCUT2D eigenvalue weighted by Crippen LogP contribution is -2.36. The highest BCUT2D eigenvalue weighted by Gasteiger charge is 2.25. The number of hydrogen-bond acceptors (Lipinski definition) is 3. The Morgan fingerprint density at radius 2 is 1.88 bits per heavy atom. The van der Waals surface area contributed by atoms with Crippen molar-refractivity contribution in [2.75, 3.05) is 12.4 Å². The lowest BCUT2D eigenvalue weighted by atomic mass is 9.86. The molecule has 0 aromatic heterocycles. The molecule has 0 saturated heterocycles. The van der Waals surface area contributed by atoms with Gasteiger partial charge in [-0.3, -0.25) is 9.69 Å². The van der Waals surface area contributed by atoms with Crippen molar-refractivity contribution in [3.8, 4) is 0 Å². The van der Waals surface area contributed by atoms with Crippen LogP contribution in [0.2, 0.25) is 0 Å². The molecule has 1 saturated carbocycles. The second-order valence-corrected chi connectivity index (χ2v) is 9.15. The number of carbonyl (C=O) groups is 1. The molecule has 1 amide bonds. The average molecular weight is 411 g/mol. The molecule has 1 aromatic carbocycles. The number of amides is 1. The Balaban J connectivity index is 2.26. The maximum absolute atomic E-state index is 11.7. The highest BCUT2D eigenvalue weighted by molar-refractivity contribution is 9.10. The molecule has 25 heavy (non-hydrogen) atoms. The lowest BCUT2D eigenvalue weighted by Gasteiger charge is -2.34. The Bertz CT molecular complexity index is 617. The zero-order chi connectivity index (χ0) is 18.8. The van der Waals surface area contributed by atoms with Gasteiger partial charge in [0.1, 0.15) is 0 Å². The van der Waals surface area contributed by atoms with E-state index in [1.165, 1.54) is 5.56 Å². The van der Waals surface area contributed by atoms with E-state index in [4.69, 9.17) is 0 Å².